The maximum Gasteiger partial charge on any atom is 0.242 e. The minimum Gasteiger partial charge on any atom is -0.388 e. The molecule has 1 saturated heterocycles. The number of fused-ring (bicyclic) bond motifs is 1. The quantitative estimate of drug-likeness (QED) is 0.945. The molecule has 0 radical (unpaired) electrons. The number of imidazole rings is 1. The Bertz CT molecular complexity index is 699. The third-order valence-electron chi connectivity index (χ3n) is 4.59. The monoisotopic (exact) mass is 301 g/mol. The number of nitrogens with zero attached hydrogens (tertiary/aromatic N) is 3. The molecule has 1 aromatic carbocycles. The third-order valence-corrected chi connectivity index (χ3v) is 4.59. The lowest BCUT2D eigenvalue weighted by molar-refractivity contribution is -0.132. The Morgan fingerprint density at radius 1 is 1.18 bits per heavy atom. The van der Waals surface area contributed by atoms with Crippen LogP contribution < -0.4 is 0 Å². The van der Waals surface area contributed by atoms with E-state index < -0.39 is 0 Å². The van der Waals surface area contributed by atoms with Gasteiger partial charge in [-0.3, -0.25) is 4.79 Å². The van der Waals surface area contributed by atoms with Crippen LogP contribution in [0.15, 0.2) is 12.1 Å². The van der Waals surface area contributed by atoms with Crippen molar-refractivity contribution in [1.82, 2.24) is 14.5 Å². The number of aliphatic hydroxyl groups excluding tert-OH is 1. The van der Waals surface area contributed by atoms with Crippen LogP contribution in [0.5, 0.6) is 0 Å². The highest BCUT2D eigenvalue weighted by atomic mass is 16.3. The minimum atomic E-state index is -0.153. The Hall–Kier alpha value is -1.88. The third kappa shape index (κ3) is 2.73. The Balaban J connectivity index is 1.94. The van der Waals surface area contributed by atoms with E-state index in [2.05, 4.69) is 18.0 Å². The number of hydrogen-bond acceptors (Lipinski definition) is 3. The SMILES string of the molecule is Cc1cc2nc(CO)n(CC(=O)N3CCCCC3)c2cc1C. The van der Waals surface area contributed by atoms with Gasteiger partial charge in [-0.2, -0.15) is 0 Å². The molecule has 1 aliphatic rings. The van der Waals surface area contributed by atoms with Gasteiger partial charge in [-0.05, 0) is 56.4 Å². The summed E-state index contributed by atoms with van der Waals surface area (Å²) in [5.41, 5.74) is 4.11. The lowest BCUT2D eigenvalue weighted by Crippen LogP contribution is -2.38. The number of carbonyl (C=O) groups is 1. The zero-order valence-electron chi connectivity index (χ0n) is 13.3. The van der Waals surface area contributed by atoms with Gasteiger partial charge in [0.2, 0.25) is 5.91 Å². The lowest BCUT2D eigenvalue weighted by Gasteiger charge is -2.27. The average molecular weight is 301 g/mol. The number of carbonyl (C=O) groups excluding carboxylic acids is 1. The van der Waals surface area contributed by atoms with E-state index in [-0.39, 0.29) is 19.1 Å². The van der Waals surface area contributed by atoms with E-state index in [9.17, 15) is 9.90 Å². The van der Waals surface area contributed by atoms with E-state index in [1.165, 1.54) is 17.5 Å². The van der Waals surface area contributed by atoms with Crippen molar-refractivity contribution < 1.29 is 9.90 Å². The molecule has 2 heterocycles. The first-order chi connectivity index (χ1) is 10.6. The van der Waals surface area contributed by atoms with Crippen molar-refractivity contribution in [3.63, 3.8) is 0 Å². The standard InChI is InChI=1S/C17H23N3O2/c1-12-8-14-15(9-13(12)2)20(16(11-21)18-14)10-17(22)19-6-4-3-5-7-19/h8-9,21H,3-7,10-11H2,1-2H3. The molecule has 1 aromatic heterocycles. The molecular formula is C17H23N3O2. The summed E-state index contributed by atoms with van der Waals surface area (Å²) in [5.74, 6) is 0.678. The van der Waals surface area contributed by atoms with Crippen LogP contribution in [0.3, 0.4) is 0 Å². The minimum absolute atomic E-state index is 0.118. The van der Waals surface area contributed by atoms with Gasteiger partial charge in [0.25, 0.3) is 0 Å². The number of piperidine rings is 1. The second-order valence-corrected chi connectivity index (χ2v) is 6.14. The Kier molecular flexibility index (Phi) is 4.16. The van der Waals surface area contributed by atoms with Crippen LogP contribution in [-0.4, -0.2) is 38.6 Å². The maximum absolute atomic E-state index is 12.5. The van der Waals surface area contributed by atoms with Crippen LogP contribution in [0.4, 0.5) is 0 Å². The fourth-order valence-corrected chi connectivity index (χ4v) is 3.11. The summed E-state index contributed by atoms with van der Waals surface area (Å²) in [6, 6.07) is 4.08. The summed E-state index contributed by atoms with van der Waals surface area (Å²) < 4.78 is 1.86. The molecule has 0 unspecified atom stereocenters. The van der Waals surface area contributed by atoms with Gasteiger partial charge in [-0.15, -0.1) is 0 Å². The molecule has 2 aromatic rings. The van der Waals surface area contributed by atoms with Crippen molar-refractivity contribution in [1.29, 1.82) is 0 Å². The molecule has 0 aliphatic carbocycles. The smallest absolute Gasteiger partial charge is 0.242 e. The first kappa shape index (κ1) is 15.0. The van der Waals surface area contributed by atoms with E-state index in [1.807, 2.05) is 22.5 Å². The van der Waals surface area contributed by atoms with Crippen LogP contribution in [0.25, 0.3) is 11.0 Å². The molecule has 1 fully saturated rings. The van der Waals surface area contributed by atoms with Crippen LogP contribution in [0, 0.1) is 13.8 Å². The number of aromatic nitrogens is 2. The summed E-state index contributed by atoms with van der Waals surface area (Å²) in [7, 11) is 0. The Labute approximate surface area is 130 Å². The number of aliphatic hydroxyl groups is 1. The van der Waals surface area contributed by atoms with Crippen molar-refractivity contribution in [3.8, 4) is 0 Å². The normalized spacial score (nSPS) is 15.5. The molecule has 118 valence electrons. The van der Waals surface area contributed by atoms with Crippen molar-refractivity contribution >= 4 is 16.9 Å². The van der Waals surface area contributed by atoms with Crippen molar-refractivity contribution in [3.05, 3.63) is 29.1 Å². The van der Waals surface area contributed by atoms with Gasteiger partial charge in [-0.1, -0.05) is 0 Å². The van der Waals surface area contributed by atoms with Crippen LogP contribution in [-0.2, 0) is 17.9 Å². The van der Waals surface area contributed by atoms with E-state index in [0.717, 1.165) is 37.0 Å². The summed E-state index contributed by atoms with van der Waals surface area (Å²) >= 11 is 0. The highest BCUT2D eigenvalue weighted by Crippen LogP contribution is 2.21. The first-order valence-electron chi connectivity index (χ1n) is 7.95. The number of benzene rings is 1. The highest BCUT2D eigenvalue weighted by Gasteiger charge is 2.20. The lowest BCUT2D eigenvalue weighted by atomic mass is 10.1. The molecule has 22 heavy (non-hydrogen) atoms. The highest BCUT2D eigenvalue weighted by molar-refractivity contribution is 5.82. The van der Waals surface area contributed by atoms with E-state index in [4.69, 9.17) is 0 Å². The largest absolute Gasteiger partial charge is 0.388 e. The predicted molar refractivity (Wildman–Crippen MR) is 85.6 cm³/mol. The van der Waals surface area contributed by atoms with Gasteiger partial charge < -0.3 is 14.6 Å². The number of rotatable bonds is 3. The zero-order valence-corrected chi connectivity index (χ0v) is 13.3. The fourth-order valence-electron chi connectivity index (χ4n) is 3.11. The molecular weight excluding hydrogens is 278 g/mol. The van der Waals surface area contributed by atoms with Gasteiger partial charge in [0.05, 0.1) is 11.0 Å². The molecule has 5 nitrogen and oxygen atoms in total. The molecule has 1 aliphatic heterocycles. The number of likely N-dealkylation sites (tertiary alicyclic amines) is 1. The average Bonchev–Trinajstić information content (AvgIpc) is 2.86. The van der Waals surface area contributed by atoms with E-state index in [0.29, 0.717) is 5.82 Å². The van der Waals surface area contributed by atoms with Gasteiger partial charge in [0.15, 0.2) is 0 Å². The zero-order chi connectivity index (χ0) is 15.7. The molecule has 5 heteroatoms. The molecule has 1 N–H and O–H groups in total. The second-order valence-electron chi connectivity index (χ2n) is 6.14. The molecule has 0 saturated carbocycles. The van der Waals surface area contributed by atoms with Gasteiger partial charge in [0, 0.05) is 13.1 Å². The van der Waals surface area contributed by atoms with Gasteiger partial charge in [0.1, 0.15) is 19.0 Å². The molecule has 0 bridgehead atoms. The number of amides is 1. The van der Waals surface area contributed by atoms with Crippen molar-refractivity contribution in [2.24, 2.45) is 0 Å². The topological polar surface area (TPSA) is 58.4 Å². The number of aryl methyl sites for hydroxylation is 2. The Morgan fingerprint density at radius 2 is 1.86 bits per heavy atom. The summed E-state index contributed by atoms with van der Waals surface area (Å²) in [4.78, 5) is 18.9. The number of hydrogen-bond donors (Lipinski definition) is 1. The fraction of sp³-hybridized carbons (Fsp3) is 0.529. The summed E-state index contributed by atoms with van der Waals surface area (Å²) in [6.07, 6.45) is 3.38. The summed E-state index contributed by atoms with van der Waals surface area (Å²) in [6.45, 7) is 5.90. The maximum atomic E-state index is 12.5. The van der Waals surface area contributed by atoms with Crippen LogP contribution >= 0.6 is 0 Å². The predicted octanol–water partition coefficient (Wildman–Crippen LogP) is 2.16. The van der Waals surface area contributed by atoms with Gasteiger partial charge in [-0.25, -0.2) is 4.98 Å². The molecule has 3 rings (SSSR count). The molecule has 0 atom stereocenters. The van der Waals surface area contributed by atoms with Gasteiger partial charge >= 0.3 is 0 Å². The van der Waals surface area contributed by atoms with Crippen molar-refractivity contribution in [2.45, 2.75) is 46.3 Å². The Morgan fingerprint density at radius 3 is 2.55 bits per heavy atom. The molecule has 0 spiro atoms. The van der Waals surface area contributed by atoms with Crippen LogP contribution in [0.1, 0.15) is 36.2 Å². The van der Waals surface area contributed by atoms with E-state index in [1.54, 1.807) is 0 Å². The van der Waals surface area contributed by atoms with E-state index >= 15 is 0 Å². The second kappa shape index (κ2) is 6.08. The van der Waals surface area contributed by atoms with Crippen LogP contribution in [0.2, 0.25) is 0 Å². The summed E-state index contributed by atoms with van der Waals surface area (Å²) in [5, 5.41) is 9.57. The van der Waals surface area contributed by atoms with Crippen molar-refractivity contribution in [2.75, 3.05) is 13.1 Å². The molecule has 1 amide bonds. The first-order valence-corrected chi connectivity index (χ1v) is 7.95.